The SMILES string of the molecule is C#C[C@@H]1CCC[C@@H]2c3ccccc3[C@@H](O)[C@]12C. The highest BCUT2D eigenvalue weighted by Gasteiger charge is 2.54. The zero-order chi connectivity index (χ0) is 12.0. The quantitative estimate of drug-likeness (QED) is 0.673. The molecule has 2 aliphatic rings. The molecule has 1 saturated carbocycles. The largest absolute Gasteiger partial charge is 0.388 e. The summed E-state index contributed by atoms with van der Waals surface area (Å²) in [5.41, 5.74) is 2.26. The first-order chi connectivity index (χ1) is 8.19. The number of rotatable bonds is 0. The number of aliphatic hydroxyl groups is 1. The molecule has 1 N–H and O–H groups in total. The predicted octanol–water partition coefficient (Wildman–Crippen LogP) is 3.26. The maximum absolute atomic E-state index is 10.6. The summed E-state index contributed by atoms with van der Waals surface area (Å²) in [5, 5.41) is 10.6. The second-order valence-electron chi connectivity index (χ2n) is 5.60. The second kappa shape index (κ2) is 3.62. The Morgan fingerprint density at radius 1 is 1.29 bits per heavy atom. The first-order valence-corrected chi connectivity index (χ1v) is 6.42. The molecule has 1 heteroatoms. The molecule has 0 aromatic heterocycles. The van der Waals surface area contributed by atoms with Crippen LogP contribution in [0.3, 0.4) is 0 Å². The summed E-state index contributed by atoms with van der Waals surface area (Å²) < 4.78 is 0. The van der Waals surface area contributed by atoms with Crippen LogP contribution in [0.1, 0.15) is 49.3 Å². The maximum atomic E-state index is 10.6. The molecular formula is C16H18O. The summed E-state index contributed by atoms with van der Waals surface area (Å²) in [7, 11) is 0. The van der Waals surface area contributed by atoms with E-state index in [1.807, 2.05) is 6.07 Å². The van der Waals surface area contributed by atoms with Gasteiger partial charge in [0, 0.05) is 11.3 Å². The zero-order valence-corrected chi connectivity index (χ0v) is 10.2. The Morgan fingerprint density at radius 3 is 2.71 bits per heavy atom. The lowest BCUT2D eigenvalue weighted by Gasteiger charge is -2.43. The van der Waals surface area contributed by atoms with Gasteiger partial charge in [0.2, 0.25) is 0 Å². The molecule has 0 amide bonds. The van der Waals surface area contributed by atoms with Crippen molar-refractivity contribution in [2.24, 2.45) is 11.3 Å². The first kappa shape index (κ1) is 10.9. The van der Waals surface area contributed by atoms with Crippen LogP contribution in [0.2, 0.25) is 0 Å². The molecular weight excluding hydrogens is 208 g/mol. The van der Waals surface area contributed by atoms with E-state index >= 15 is 0 Å². The Bertz CT molecular complexity index is 485. The van der Waals surface area contributed by atoms with Gasteiger partial charge < -0.3 is 5.11 Å². The van der Waals surface area contributed by atoms with Crippen molar-refractivity contribution in [3.05, 3.63) is 35.4 Å². The van der Waals surface area contributed by atoms with Crippen LogP contribution < -0.4 is 0 Å². The van der Waals surface area contributed by atoms with Gasteiger partial charge in [-0.05, 0) is 29.9 Å². The molecule has 0 spiro atoms. The number of terminal acetylenes is 1. The summed E-state index contributed by atoms with van der Waals surface area (Å²) in [4.78, 5) is 0. The third-order valence-electron chi connectivity index (χ3n) is 4.94. The van der Waals surface area contributed by atoms with Gasteiger partial charge in [-0.15, -0.1) is 12.3 Å². The van der Waals surface area contributed by atoms with Crippen LogP contribution in [-0.4, -0.2) is 5.11 Å². The third-order valence-corrected chi connectivity index (χ3v) is 4.94. The van der Waals surface area contributed by atoms with Gasteiger partial charge in [0.25, 0.3) is 0 Å². The Balaban J connectivity index is 2.15. The molecule has 0 bridgehead atoms. The number of hydrogen-bond acceptors (Lipinski definition) is 1. The van der Waals surface area contributed by atoms with E-state index < -0.39 is 6.10 Å². The Hall–Kier alpha value is -1.26. The molecule has 4 atom stereocenters. The highest BCUT2D eigenvalue weighted by Crippen LogP contribution is 2.62. The van der Waals surface area contributed by atoms with E-state index in [0.29, 0.717) is 5.92 Å². The monoisotopic (exact) mass is 226 g/mol. The summed E-state index contributed by atoms with van der Waals surface area (Å²) in [5.74, 6) is 3.55. The van der Waals surface area contributed by atoms with Crippen molar-refractivity contribution in [1.82, 2.24) is 0 Å². The third kappa shape index (κ3) is 1.25. The Kier molecular flexibility index (Phi) is 2.31. The standard InChI is InChI=1S/C16H18O/c1-3-11-7-6-10-14-12-8-4-5-9-13(12)15(17)16(11,14)2/h1,4-5,8-9,11,14-15,17H,6-7,10H2,2H3/t11-,14-,15-,16-/m1/s1. The van der Waals surface area contributed by atoms with Crippen LogP contribution in [0, 0.1) is 23.7 Å². The van der Waals surface area contributed by atoms with Gasteiger partial charge in [-0.1, -0.05) is 37.6 Å². The molecule has 1 aromatic rings. The van der Waals surface area contributed by atoms with Gasteiger partial charge in [0.1, 0.15) is 0 Å². The van der Waals surface area contributed by atoms with E-state index in [1.54, 1.807) is 0 Å². The summed E-state index contributed by atoms with van der Waals surface area (Å²) in [6.07, 6.45) is 8.66. The molecule has 0 radical (unpaired) electrons. The van der Waals surface area contributed by atoms with Crippen molar-refractivity contribution in [2.45, 2.75) is 38.2 Å². The van der Waals surface area contributed by atoms with Crippen LogP contribution in [0.15, 0.2) is 24.3 Å². The number of aliphatic hydroxyl groups excluding tert-OH is 1. The lowest BCUT2D eigenvalue weighted by Crippen LogP contribution is -2.37. The van der Waals surface area contributed by atoms with Gasteiger partial charge >= 0.3 is 0 Å². The van der Waals surface area contributed by atoms with Gasteiger partial charge in [-0.25, -0.2) is 0 Å². The van der Waals surface area contributed by atoms with Crippen LogP contribution in [-0.2, 0) is 0 Å². The minimum Gasteiger partial charge on any atom is -0.388 e. The zero-order valence-electron chi connectivity index (χ0n) is 10.2. The van der Waals surface area contributed by atoms with Gasteiger partial charge in [0.05, 0.1) is 6.10 Å². The molecule has 0 saturated heterocycles. The molecule has 2 aliphatic carbocycles. The molecule has 88 valence electrons. The molecule has 1 fully saturated rings. The fourth-order valence-corrected chi connectivity index (χ4v) is 3.94. The average Bonchev–Trinajstić information content (AvgIpc) is 2.59. The van der Waals surface area contributed by atoms with Crippen molar-refractivity contribution in [3.8, 4) is 12.3 Å². The molecule has 0 heterocycles. The Labute approximate surface area is 103 Å². The van der Waals surface area contributed by atoms with Crippen molar-refractivity contribution in [2.75, 3.05) is 0 Å². The summed E-state index contributed by atoms with van der Waals surface area (Å²) >= 11 is 0. The lowest BCUT2D eigenvalue weighted by atomic mass is 9.61. The molecule has 1 aromatic carbocycles. The van der Waals surface area contributed by atoms with Crippen LogP contribution in [0.4, 0.5) is 0 Å². The van der Waals surface area contributed by atoms with E-state index in [0.717, 1.165) is 18.4 Å². The van der Waals surface area contributed by atoms with Crippen molar-refractivity contribution in [1.29, 1.82) is 0 Å². The summed E-state index contributed by atoms with van der Waals surface area (Å²) in [6, 6.07) is 8.29. The van der Waals surface area contributed by atoms with Crippen molar-refractivity contribution < 1.29 is 5.11 Å². The molecule has 0 unspecified atom stereocenters. The molecule has 3 rings (SSSR count). The second-order valence-corrected chi connectivity index (χ2v) is 5.60. The smallest absolute Gasteiger partial charge is 0.0864 e. The van der Waals surface area contributed by atoms with Gasteiger partial charge in [-0.2, -0.15) is 0 Å². The highest BCUT2D eigenvalue weighted by molar-refractivity contribution is 5.42. The Morgan fingerprint density at radius 2 is 2.00 bits per heavy atom. The highest BCUT2D eigenvalue weighted by atomic mass is 16.3. The lowest BCUT2D eigenvalue weighted by molar-refractivity contribution is -0.0145. The number of hydrogen-bond donors (Lipinski definition) is 1. The molecule has 17 heavy (non-hydrogen) atoms. The van der Waals surface area contributed by atoms with E-state index in [2.05, 4.69) is 31.0 Å². The minimum atomic E-state index is -0.398. The topological polar surface area (TPSA) is 20.2 Å². The van der Waals surface area contributed by atoms with Crippen LogP contribution in [0.25, 0.3) is 0 Å². The number of fused-ring (bicyclic) bond motifs is 3. The van der Waals surface area contributed by atoms with E-state index in [-0.39, 0.29) is 11.3 Å². The molecule has 1 nitrogen and oxygen atoms in total. The maximum Gasteiger partial charge on any atom is 0.0864 e. The van der Waals surface area contributed by atoms with E-state index in [1.165, 1.54) is 12.0 Å². The average molecular weight is 226 g/mol. The summed E-state index contributed by atoms with van der Waals surface area (Å²) in [6.45, 7) is 2.17. The fourth-order valence-electron chi connectivity index (χ4n) is 3.94. The van der Waals surface area contributed by atoms with Crippen molar-refractivity contribution >= 4 is 0 Å². The van der Waals surface area contributed by atoms with Crippen LogP contribution >= 0.6 is 0 Å². The van der Waals surface area contributed by atoms with Gasteiger partial charge in [0.15, 0.2) is 0 Å². The van der Waals surface area contributed by atoms with E-state index in [4.69, 9.17) is 6.42 Å². The molecule has 0 aliphatic heterocycles. The predicted molar refractivity (Wildman–Crippen MR) is 68.4 cm³/mol. The number of benzene rings is 1. The van der Waals surface area contributed by atoms with Crippen molar-refractivity contribution in [3.63, 3.8) is 0 Å². The minimum absolute atomic E-state index is 0.156. The fraction of sp³-hybridized carbons (Fsp3) is 0.500. The normalized spacial score (nSPS) is 39.2. The van der Waals surface area contributed by atoms with E-state index in [9.17, 15) is 5.11 Å². The first-order valence-electron chi connectivity index (χ1n) is 6.42. The van der Waals surface area contributed by atoms with Gasteiger partial charge in [-0.3, -0.25) is 0 Å². The van der Waals surface area contributed by atoms with Crippen LogP contribution in [0.5, 0.6) is 0 Å².